The summed E-state index contributed by atoms with van der Waals surface area (Å²) in [6.07, 6.45) is -0.0448. The van der Waals surface area contributed by atoms with Gasteiger partial charge in [0.2, 0.25) is 6.29 Å². The highest BCUT2D eigenvalue weighted by Crippen LogP contribution is 2.40. The number of ether oxygens (including phenoxy) is 4. The third kappa shape index (κ3) is 3.74. The fourth-order valence-corrected chi connectivity index (χ4v) is 2.78. The van der Waals surface area contributed by atoms with Crippen LogP contribution >= 0.6 is 0 Å². The lowest BCUT2D eigenvalue weighted by Gasteiger charge is -2.43. The average Bonchev–Trinajstić information content (AvgIpc) is 2.55. The minimum Gasteiger partial charge on any atom is -0.493 e. The summed E-state index contributed by atoms with van der Waals surface area (Å²) in [6.45, 7) is 1.60. The molecule has 0 aliphatic carbocycles. The fourth-order valence-electron chi connectivity index (χ4n) is 2.78. The summed E-state index contributed by atoms with van der Waals surface area (Å²) < 4.78 is 21.6. The Bertz CT molecular complexity index is 565. The fraction of sp³-hybridized carbons (Fsp3) is 0.562. The summed E-state index contributed by atoms with van der Waals surface area (Å²) in [5.41, 5.74) is 12.4. The van der Waals surface area contributed by atoms with Crippen LogP contribution in [0.2, 0.25) is 0 Å². The molecule has 1 aliphatic rings. The molecule has 1 fully saturated rings. The summed E-state index contributed by atoms with van der Waals surface area (Å²) in [7, 11) is 3.13. The van der Waals surface area contributed by atoms with Gasteiger partial charge in [-0.05, 0) is 24.1 Å². The SMILES string of the molecule is COc1ccc(C2OC(OC(C)=O)CCC2(N)CN)cc1OC. The van der Waals surface area contributed by atoms with E-state index in [2.05, 4.69) is 0 Å². The van der Waals surface area contributed by atoms with Crippen LogP contribution in [0.1, 0.15) is 31.4 Å². The van der Waals surface area contributed by atoms with E-state index in [1.807, 2.05) is 6.07 Å². The van der Waals surface area contributed by atoms with E-state index in [-0.39, 0.29) is 6.54 Å². The Morgan fingerprint density at radius 2 is 2.04 bits per heavy atom. The van der Waals surface area contributed by atoms with Crippen molar-refractivity contribution in [1.29, 1.82) is 0 Å². The van der Waals surface area contributed by atoms with E-state index in [1.54, 1.807) is 26.4 Å². The second-order valence-electron chi connectivity index (χ2n) is 5.65. The number of rotatable bonds is 5. The number of benzene rings is 1. The lowest BCUT2D eigenvalue weighted by atomic mass is 9.82. The second-order valence-corrected chi connectivity index (χ2v) is 5.65. The molecule has 1 heterocycles. The Balaban J connectivity index is 2.33. The molecule has 23 heavy (non-hydrogen) atoms. The van der Waals surface area contributed by atoms with Crippen LogP contribution in [0.5, 0.6) is 11.5 Å². The first-order valence-corrected chi connectivity index (χ1v) is 7.47. The van der Waals surface area contributed by atoms with Gasteiger partial charge >= 0.3 is 5.97 Å². The van der Waals surface area contributed by atoms with E-state index in [0.29, 0.717) is 24.3 Å². The number of esters is 1. The van der Waals surface area contributed by atoms with Gasteiger partial charge in [0.1, 0.15) is 6.10 Å². The number of hydrogen-bond acceptors (Lipinski definition) is 7. The van der Waals surface area contributed by atoms with Crippen LogP contribution in [0.25, 0.3) is 0 Å². The molecule has 3 atom stereocenters. The maximum absolute atomic E-state index is 11.2. The Morgan fingerprint density at radius 3 is 2.61 bits per heavy atom. The zero-order valence-electron chi connectivity index (χ0n) is 13.7. The van der Waals surface area contributed by atoms with E-state index < -0.39 is 23.9 Å². The molecule has 0 spiro atoms. The van der Waals surface area contributed by atoms with Crippen molar-refractivity contribution in [2.45, 2.75) is 37.7 Å². The van der Waals surface area contributed by atoms with Crippen LogP contribution in [0.3, 0.4) is 0 Å². The largest absolute Gasteiger partial charge is 0.493 e. The second kappa shape index (κ2) is 7.16. The number of methoxy groups -OCH3 is 2. The minimum absolute atomic E-state index is 0.249. The molecule has 7 heteroatoms. The molecule has 1 aromatic rings. The highest BCUT2D eigenvalue weighted by molar-refractivity contribution is 5.66. The van der Waals surface area contributed by atoms with Crippen molar-refractivity contribution in [2.75, 3.05) is 20.8 Å². The van der Waals surface area contributed by atoms with Gasteiger partial charge in [-0.2, -0.15) is 0 Å². The topological polar surface area (TPSA) is 106 Å². The van der Waals surface area contributed by atoms with E-state index in [4.69, 9.17) is 30.4 Å². The van der Waals surface area contributed by atoms with Gasteiger partial charge in [0.15, 0.2) is 11.5 Å². The van der Waals surface area contributed by atoms with Gasteiger partial charge in [-0.15, -0.1) is 0 Å². The number of carbonyl (C=O) groups excluding carboxylic acids is 1. The summed E-state index contributed by atoms with van der Waals surface area (Å²) in [5, 5.41) is 0. The maximum atomic E-state index is 11.2. The van der Waals surface area contributed by atoms with Crippen molar-refractivity contribution in [1.82, 2.24) is 0 Å². The van der Waals surface area contributed by atoms with E-state index in [1.165, 1.54) is 6.92 Å². The van der Waals surface area contributed by atoms with Gasteiger partial charge in [-0.25, -0.2) is 0 Å². The van der Waals surface area contributed by atoms with E-state index in [9.17, 15) is 4.79 Å². The van der Waals surface area contributed by atoms with Gasteiger partial charge < -0.3 is 30.4 Å². The molecule has 0 saturated carbocycles. The van der Waals surface area contributed by atoms with Crippen LogP contribution in [-0.4, -0.2) is 38.6 Å². The number of nitrogens with two attached hydrogens (primary N) is 2. The number of hydrogen-bond donors (Lipinski definition) is 2. The third-order valence-corrected chi connectivity index (χ3v) is 4.04. The standard InChI is InChI=1S/C16H24N2O5/c1-10(19)22-14-6-7-16(18,9-17)15(23-14)11-4-5-12(20-2)13(8-11)21-3/h4-5,8,14-15H,6-7,9,17-18H2,1-3H3. The first kappa shape index (κ1) is 17.5. The third-order valence-electron chi connectivity index (χ3n) is 4.04. The Hall–Kier alpha value is -1.83. The molecule has 3 unspecified atom stereocenters. The first-order valence-electron chi connectivity index (χ1n) is 7.47. The molecule has 0 aromatic heterocycles. The molecule has 1 aromatic carbocycles. The molecular formula is C16H24N2O5. The van der Waals surface area contributed by atoms with Crippen LogP contribution < -0.4 is 20.9 Å². The van der Waals surface area contributed by atoms with Crippen molar-refractivity contribution in [3.63, 3.8) is 0 Å². The molecule has 7 nitrogen and oxygen atoms in total. The Labute approximate surface area is 135 Å². The number of carbonyl (C=O) groups is 1. The average molecular weight is 324 g/mol. The summed E-state index contributed by atoms with van der Waals surface area (Å²) in [6, 6.07) is 5.43. The van der Waals surface area contributed by atoms with Gasteiger partial charge in [-0.1, -0.05) is 6.07 Å². The highest BCUT2D eigenvalue weighted by atomic mass is 16.7. The quantitative estimate of drug-likeness (QED) is 0.781. The summed E-state index contributed by atoms with van der Waals surface area (Å²) in [5.74, 6) is 0.792. The first-order chi connectivity index (χ1) is 10.9. The maximum Gasteiger partial charge on any atom is 0.304 e. The van der Waals surface area contributed by atoms with E-state index in [0.717, 1.165) is 5.56 Å². The smallest absolute Gasteiger partial charge is 0.304 e. The van der Waals surface area contributed by atoms with Crippen LogP contribution in [-0.2, 0) is 14.3 Å². The van der Waals surface area contributed by atoms with Crippen molar-refractivity contribution in [2.24, 2.45) is 11.5 Å². The zero-order chi connectivity index (χ0) is 17.0. The molecule has 4 N–H and O–H groups in total. The monoisotopic (exact) mass is 324 g/mol. The molecule has 0 amide bonds. The van der Waals surface area contributed by atoms with Crippen LogP contribution in [0.15, 0.2) is 18.2 Å². The molecular weight excluding hydrogens is 300 g/mol. The summed E-state index contributed by atoms with van der Waals surface area (Å²) in [4.78, 5) is 11.2. The van der Waals surface area contributed by atoms with E-state index >= 15 is 0 Å². The van der Waals surface area contributed by atoms with Crippen molar-refractivity contribution in [3.8, 4) is 11.5 Å². The minimum atomic E-state index is -0.740. The predicted molar refractivity (Wildman–Crippen MR) is 84.1 cm³/mol. The summed E-state index contributed by atoms with van der Waals surface area (Å²) >= 11 is 0. The molecule has 2 rings (SSSR count). The van der Waals surface area contributed by atoms with Gasteiger partial charge in [-0.3, -0.25) is 4.79 Å². The van der Waals surface area contributed by atoms with Gasteiger partial charge in [0.25, 0.3) is 0 Å². The van der Waals surface area contributed by atoms with Crippen molar-refractivity contribution >= 4 is 5.97 Å². The normalized spacial score (nSPS) is 27.3. The van der Waals surface area contributed by atoms with Crippen LogP contribution in [0, 0.1) is 0 Å². The van der Waals surface area contributed by atoms with Crippen LogP contribution in [0.4, 0.5) is 0 Å². The molecule has 128 valence electrons. The van der Waals surface area contributed by atoms with Gasteiger partial charge in [0.05, 0.1) is 19.8 Å². The Morgan fingerprint density at radius 1 is 1.35 bits per heavy atom. The van der Waals surface area contributed by atoms with Crippen molar-refractivity contribution in [3.05, 3.63) is 23.8 Å². The van der Waals surface area contributed by atoms with Gasteiger partial charge in [0, 0.05) is 19.9 Å². The zero-order valence-corrected chi connectivity index (χ0v) is 13.7. The Kier molecular flexibility index (Phi) is 5.46. The van der Waals surface area contributed by atoms with Crippen molar-refractivity contribution < 1.29 is 23.7 Å². The molecule has 0 radical (unpaired) electrons. The lowest BCUT2D eigenvalue weighted by Crippen LogP contribution is -2.56. The highest BCUT2D eigenvalue weighted by Gasteiger charge is 2.43. The molecule has 1 saturated heterocycles. The molecule has 0 bridgehead atoms. The lowest BCUT2D eigenvalue weighted by molar-refractivity contribution is -0.215. The predicted octanol–water partition coefficient (Wildman–Crippen LogP) is 1.10. The molecule has 1 aliphatic heterocycles.